The minimum Gasteiger partial charge on any atom is -0.463 e. The van der Waals surface area contributed by atoms with Gasteiger partial charge in [0.1, 0.15) is 0 Å². The Morgan fingerprint density at radius 2 is 1.33 bits per heavy atom. The summed E-state index contributed by atoms with van der Waals surface area (Å²) in [6, 6.07) is 29.2. The number of rotatable bonds is 8. The van der Waals surface area contributed by atoms with Gasteiger partial charge in [0, 0.05) is 23.1 Å². The normalized spacial score (nSPS) is 10.2. The average Bonchev–Trinajstić information content (AvgIpc) is 2.74. The summed E-state index contributed by atoms with van der Waals surface area (Å²) in [4.78, 5) is 13.3. The van der Waals surface area contributed by atoms with Gasteiger partial charge in [0.25, 0.3) is 0 Å². The zero-order chi connectivity index (χ0) is 18.9. The first-order chi connectivity index (χ1) is 13.3. The summed E-state index contributed by atoms with van der Waals surface area (Å²) in [6.07, 6.45) is 2.85. The van der Waals surface area contributed by atoms with Crippen LogP contribution in [0.3, 0.4) is 0 Å². The summed E-state index contributed by atoms with van der Waals surface area (Å²) in [6.45, 7) is 3.80. The van der Waals surface area contributed by atoms with E-state index in [0.717, 1.165) is 29.9 Å². The summed E-state index contributed by atoms with van der Waals surface area (Å²) >= 11 is 0. The van der Waals surface area contributed by atoms with Crippen LogP contribution < -0.4 is 4.90 Å². The second-order valence-corrected chi connectivity index (χ2v) is 6.15. The van der Waals surface area contributed by atoms with Crippen molar-refractivity contribution >= 4 is 23.0 Å². The number of ether oxygens (including phenoxy) is 1. The Morgan fingerprint density at radius 3 is 1.85 bits per heavy atom. The first-order valence-corrected chi connectivity index (χ1v) is 9.06. The minimum atomic E-state index is -0.369. The molecule has 0 aliphatic heterocycles. The van der Waals surface area contributed by atoms with Gasteiger partial charge in [-0.15, -0.1) is 0 Å². The smallest absolute Gasteiger partial charge is 0.330 e. The van der Waals surface area contributed by atoms with Crippen LogP contribution in [0.2, 0.25) is 0 Å². The Kier molecular flexibility index (Phi) is 6.42. The maximum Gasteiger partial charge on any atom is 0.330 e. The number of benzene rings is 3. The number of nitrogens with zero attached hydrogens (tertiary/aromatic N) is 1. The maximum atomic E-state index is 11.1. The highest BCUT2D eigenvalue weighted by Gasteiger charge is 2.11. The monoisotopic (exact) mass is 357 g/mol. The van der Waals surface area contributed by atoms with Gasteiger partial charge < -0.3 is 9.64 Å². The van der Waals surface area contributed by atoms with Crippen molar-refractivity contribution in [2.75, 3.05) is 11.5 Å². The highest BCUT2D eigenvalue weighted by molar-refractivity contribution is 5.81. The molecule has 0 fully saturated rings. The van der Waals surface area contributed by atoms with Gasteiger partial charge in [-0.2, -0.15) is 0 Å². The molecule has 3 aromatic rings. The van der Waals surface area contributed by atoms with E-state index in [1.807, 2.05) is 36.4 Å². The molecule has 0 aromatic heterocycles. The van der Waals surface area contributed by atoms with Crippen molar-refractivity contribution in [1.29, 1.82) is 0 Å². The van der Waals surface area contributed by atoms with Crippen molar-refractivity contribution in [3.63, 3.8) is 0 Å². The number of para-hydroxylation sites is 2. The lowest BCUT2D eigenvalue weighted by atomic mass is 10.1. The molecule has 0 spiro atoms. The van der Waals surface area contributed by atoms with E-state index in [9.17, 15) is 4.79 Å². The highest BCUT2D eigenvalue weighted by atomic mass is 16.5. The van der Waals surface area contributed by atoms with Crippen molar-refractivity contribution in [2.45, 2.75) is 12.8 Å². The van der Waals surface area contributed by atoms with E-state index in [0.29, 0.717) is 6.61 Å². The molecule has 3 aromatic carbocycles. The molecule has 0 N–H and O–H groups in total. The molecule has 0 heterocycles. The molecule has 0 unspecified atom stereocenters. The number of esters is 1. The maximum absolute atomic E-state index is 11.1. The molecule has 0 saturated heterocycles. The lowest BCUT2D eigenvalue weighted by Gasteiger charge is -2.25. The van der Waals surface area contributed by atoms with Crippen LogP contribution in [0.1, 0.15) is 12.0 Å². The van der Waals surface area contributed by atoms with Crippen molar-refractivity contribution in [3.8, 4) is 0 Å². The van der Waals surface area contributed by atoms with Crippen molar-refractivity contribution in [1.82, 2.24) is 0 Å². The molecule has 3 nitrogen and oxygen atoms in total. The Labute approximate surface area is 160 Å². The Morgan fingerprint density at radius 1 is 0.815 bits per heavy atom. The van der Waals surface area contributed by atoms with Crippen LogP contribution in [0.4, 0.5) is 17.1 Å². The van der Waals surface area contributed by atoms with E-state index in [4.69, 9.17) is 4.74 Å². The van der Waals surface area contributed by atoms with E-state index < -0.39 is 0 Å². The lowest BCUT2D eigenvalue weighted by Crippen LogP contribution is -2.09. The second kappa shape index (κ2) is 9.39. The predicted octanol–water partition coefficient (Wildman–Crippen LogP) is 5.82. The topological polar surface area (TPSA) is 29.5 Å². The zero-order valence-corrected chi connectivity index (χ0v) is 15.3. The first-order valence-electron chi connectivity index (χ1n) is 9.06. The molecule has 136 valence electrons. The summed E-state index contributed by atoms with van der Waals surface area (Å²) < 4.78 is 5.03. The standard InChI is InChI=1S/C24H23NO2/c1-2-24(26)27-19-9-10-20-15-17-23(18-16-20)25(21-11-5-3-6-12-21)22-13-7-4-8-14-22/h2-8,11-18H,1,9-10,19H2. The third kappa shape index (κ3) is 5.08. The number of carbonyl (C=O) groups excluding carboxylic acids is 1. The lowest BCUT2D eigenvalue weighted by molar-refractivity contribution is -0.137. The van der Waals surface area contributed by atoms with Crippen LogP contribution in [-0.4, -0.2) is 12.6 Å². The number of carbonyl (C=O) groups is 1. The summed E-state index contributed by atoms with van der Waals surface area (Å²) in [7, 11) is 0. The third-order valence-electron chi connectivity index (χ3n) is 4.24. The van der Waals surface area contributed by atoms with Gasteiger partial charge in [-0.05, 0) is 54.8 Å². The van der Waals surface area contributed by atoms with Crippen LogP contribution in [0.25, 0.3) is 0 Å². The zero-order valence-electron chi connectivity index (χ0n) is 15.3. The Balaban J connectivity index is 1.74. The van der Waals surface area contributed by atoms with Crippen molar-refractivity contribution < 1.29 is 9.53 Å². The molecule has 0 radical (unpaired) electrons. The molecule has 0 bridgehead atoms. The predicted molar refractivity (Wildman–Crippen MR) is 111 cm³/mol. The number of hydrogen-bond donors (Lipinski definition) is 0. The van der Waals surface area contributed by atoms with Gasteiger partial charge in [0.15, 0.2) is 0 Å². The van der Waals surface area contributed by atoms with E-state index in [-0.39, 0.29) is 5.97 Å². The molecular formula is C24H23NO2. The van der Waals surface area contributed by atoms with E-state index in [1.165, 1.54) is 11.6 Å². The molecule has 0 amide bonds. The highest BCUT2D eigenvalue weighted by Crippen LogP contribution is 2.34. The molecular weight excluding hydrogens is 334 g/mol. The van der Waals surface area contributed by atoms with Gasteiger partial charge in [0.05, 0.1) is 6.61 Å². The third-order valence-corrected chi connectivity index (χ3v) is 4.24. The fraction of sp³-hybridized carbons (Fsp3) is 0.125. The van der Waals surface area contributed by atoms with Crippen LogP contribution >= 0.6 is 0 Å². The van der Waals surface area contributed by atoms with Crippen LogP contribution in [-0.2, 0) is 16.0 Å². The van der Waals surface area contributed by atoms with Gasteiger partial charge in [0.2, 0.25) is 0 Å². The fourth-order valence-corrected chi connectivity index (χ4v) is 2.92. The van der Waals surface area contributed by atoms with Gasteiger partial charge >= 0.3 is 5.97 Å². The average molecular weight is 357 g/mol. The Bertz CT molecular complexity index is 818. The molecule has 27 heavy (non-hydrogen) atoms. The molecule has 0 atom stereocenters. The fourth-order valence-electron chi connectivity index (χ4n) is 2.92. The SMILES string of the molecule is C=CC(=O)OCCCc1ccc(N(c2ccccc2)c2ccccc2)cc1. The number of anilines is 3. The van der Waals surface area contributed by atoms with Crippen LogP contribution in [0, 0.1) is 0 Å². The second-order valence-electron chi connectivity index (χ2n) is 6.15. The van der Waals surface area contributed by atoms with E-state index in [2.05, 4.69) is 60.0 Å². The number of aryl methyl sites for hydroxylation is 1. The first kappa shape index (κ1) is 18.5. The largest absolute Gasteiger partial charge is 0.463 e. The minimum absolute atomic E-state index is 0.369. The molecule has 3 heteroatoms. The van der Waals surface area contributed by atoms with Crippen molar-refractivity contribution in [2.24, 2.45) is 0 Å². The Hall–Kier alpha value is -3.33. The van der Waals surface area contributed by atoms with Crippen LogP contribution in [0.15, 0.2) is 97.6 Å². The van der Waals surface area contributed by atoms with Gasteiger partial charge in [-0.1, -0.05) is 55.1 Å². The number of hydrogen-bond acceptors (Lipinski definition) is 3. The quantitative estimate of drug-likeness (QED) is 0.289. The van der Waals surface area contributed by atoms with E-state index >= 15 is 0 Å². The van der Waals surface area contributed by atoms with Gasteiger partial charge in [-0.25, -0.2) is 4.79 Å². The van der Waals surface area contributed by atoms with E-state index in [1.54, 1.807) is 0 Å². The van der Waals surface area contributed by atoms with Crippen molar-refractivity contribution in [3.05, 3.63) is 103 Å². The molecule has 0 saturated carbocycles. The molecule has 3 rings (SSSR count). The summed E-state index contributed by atoms with van der Waals surface area (Å²) in [5.41, 5.74) is 4.56. The molecule has 0 aliphatic carbocycles. The molecule has 0 aliphatic rings. The van der Waals surface area contributed by atoms with Gasteiger partial charge in [-0.3, -0.25) is 0 Å². The summed E-state index contributed by atoms with van der Waals surface area (Å²) in [5, 5.41) is 0. The summed E-state index contributed by atoms with van der Waals surface area (Å²) in [5.74, 6) is -0.369. The van der Waals surface area contributed by atoms with Crippen LogP contribution in [0.5, 0.6) is 0 Å².